The number of carbonyl (C=O) groups is 1. The van der Waals surface area contributed by atoms with Crippen LogP contribution in [0.5, 0.6) is 5.75 Å². The molecule has 33 heavy (non-hydrogen) atoms. The van der Waals surface area contributed by atoms with Crippen LogP contribution in [0, 0.1) is 0 Å². The molecule has 0 bridgehead atoms. The number of fused-ring (bicyclic) bond motifs is 1. The minimum atomic E-state index is -0.633. The van der Waals surface area contributed by atoms with Gasteiger partial charge in [-0.3, -0.25) is 9.69 Å². The van der Waals surface area contributed by atoms with Crippen LogP contribution in [-0.4, -0.2) is 57.7 Å². The predicted octanol–water partition coefficient (Wildman–Crippen LogP) is 4.17. The number of ether oxygens (including phenoxy) is 1. The van der Waals surface area contributed by atoms with Crippen LogP contribution in [0.4, 0.5) is 11.4 Å². The molecule has 0 aromatic heterocycles. The molecule has 1 unspecified atom stereocenters. The quantitative estimate of drug-likeness (QED) is 0.575. The molecule has 2 heterocycles. The third-order valence-electron chi connectivity index (χ3n) is 7.26. The Kier molecular flexibility index (Phi) is 5.81. The second-order valence-corrected chi connectivity index (χ2v) is 8.90. The van der Waals surface area contributed by atoms with E-state index in [0.29, 0.717) is 0 Å². The fourth-order valence-corrected chi connectivity index (χ4v) is 5.45. The van der Waals surface area contributed by atoms with E-state index < -0.39 is 5.41 Å². The molecule has 5 heteroatoms. The summed E-state index contributed by atoms with van der Waals surface area (Å²) in [7, 11) is 3.63. The molecule has 3 aromatic carbocycles. The molecule has 0 spiro atoms. The highest BCUT2D eigenvalue weighted by Crippen LogP contribution is 2.47. The van der Waals surface area contributed by atoms with Crippen molar-refractivity contribution in [2.45, 2.75) is 11.8 Å². The van der Waals surface area contributed by atoms with E-state index in [-0.39, 0.29) is 5.91 Å². The highest BCUT2D eigenvalue weighted by Gasteiger charge is 2.50. The average molecular weight is 442 g/mol. The van der Waals surface area contributed by atoms with Crippen molar-refractivity contribution in [3.8, 4) is 5.75 Å². The Balaban J connectivity index is 1.36. The minimum Gasteiger partial charge on any atom is -0.495 e. The first-order valence-electron chi connectivity index (χ1n) is 11.7. The van der Waals surface area contributed by atoms with E-state index in [0.717, 1.165) is 67.4 Å². The molecule has 5 rings (SSSR count). The van der Waals surface area contributed by atoms with Crippen LogP contribution in [0.3, 0.4) is 0 Å². The van der Waals surface area contributed by atoms with Gasteiger partial charge in [-0.05, 0) is 42.3 Å². The highest BCUT2D eigenvalue weighted by molar-refractivity contribution is 6.10. The fraction of sp³-hybridized carbons (Fsp3) is 0.321. The van der Waals surface area contributed by atoms with Crippen LogP contribution in [0.2, 0.25) is 0 Å². The molecule has 1 atom stereocenters. The minimum absolute atomic E-state index is 0.169. The topological polar surface area (TPSA) is 36.0 Å². The number of methoxy groups -OCH3 is 1. The lowest BCUT2D eigenvalue weighted by atomic mass is 9.72. The van der Waals surface area contributed by atoms with Crippen LogP contribution in [0.25, 0.3) is 0 Å². The Bertz CT molecular complexity index is 1120. The number of hydrogen-bond donors (Lipinski definition) is 0. The molecule has 2 aliphatic heterocycles. The van der Waals surface area contributed by atoms with Gasteiger partial charge >= 0.3 is 0 Å². The summed E-state index contributed by atoms with van der Waals surface area (Å²) < 4.78 is 5.56. The molecule has 0 aliphatic carbocycles. The number of amides is 1. The number of nitrogens with zero attached hydrogens (tertiary/aromatic N) is 3. The van der Waals surface area contributed by atoms with Gasteiger partial charge in [0.05, 0.1) is 12.8 Å². The second-order valence-electron chi connectivity index (χ2n) is 8.90. The van der Waals surface area contributed by atoms with Crippen LogP contribution >= 0.6 is 0 Å². The molecule has 0 N–H and O–H groups in total. The van der Waals surface area contributed by atoms with E-state index >= 15 is 0 Å². The molecule has 0 saturated carbocycles. The zero-order chi connectivity index (χ0) is 22.8. The summed E-state index contributed by atoms with van der Waals surface area (Å²) in [6.07, 6.45) is 0.770. The van der Waals surface area contributed by atoms with Gasteiger partial charge in [-0.15, -0.1) is 0 Å². The number of rotatable bonds is 6. The van der Waals surface area contributed by atoms with E-state index in [1.54, 1.807) is 7.11 Å². The maximum absolute atomic E-state index is 13.8. The van der Waals surface area contributed by atoms with E-state index in [2.05, 4.69) is 52.3 Å². The summed E-state index contributed by atoms with van der Waals surface area (Å²) in [6.45, 7) is 4.71. The van der Waals surface area contributed by atoms with Gasteiger partial charge in [0.25, 0.3) is 0 Å². The molecule has 170 valence electrons. The van der Waals surface area contributed by atoms with Crippen LogP contribution < -0.4 is 14.5 Å². The van der Waals surface area contributed by atoms with Gasteiger partial charge in [0.1, 0.15) is 11.2 Å². The predicted molar refractivity (Wildman–Crippen MR) is 133 cm³/mol. The lowest BCUT2D eigenvalue weighted by Crippen LogP contribution is -2.49. The molecular formula is C28H31N3O2. The number of hydrogen-bond acceptors (Lipinski definition) is 4. The normalized spacial score (nSPS) is 20.7. The first-order chi connectivity index (χ1) is 16.1. The summed E-state index contributed by atoms with van der Waals surface area (Å²) in [5.41, 5.74) is 3.75. The Labute approximate surface area is 196 Å². The summed E-state index contributed by atoms with van der Waals surface area (Å²) in [5, 5.41) is 0. The Morgan fingerprint density at radius 2 is 1.45 bits per heavy atom. The standard InChI is InChI=1S/C28H31N3O2/c1-29-24-13-7-6-12-23(24)28(27(29)32,22-10-4-3-5-11-22)16-17-30-18-20-31(21-19-30)25-14-8-9-15-26(25)33-2/h3-15H,16-21H2,1-2H3. The van der Waals surface area contributed by atoms with Crippen molar-refractivity contribution in [1.82, 2.24) is 4.90 Å². The van der Waals surface area contributed by atoms with Gasteiger partial charge in [0.15, 0.2) is 0 Å². The highest BCUT2D eigenvalue weighted by atomic mass is 16.5. The van der Waals surface area contributed by atoms with Crippen molar-refractivity contribution in [1.29, 1.82) is 0 Å². The van der Waals surface area contributed by atoms with Crippen LogP contribution in [-0.2, 0) is 10.2 Å². The fourth-order valence-electron chi connectivity index (χ4n) is 5.45. The molecule has 0 radical (unpaired) electrons. The van der Waals surface area contributed by atoms with Crippen molar-refractivity contribution in [3.63, 3.8) is 0 Å². The number of carbonyl (C=O) groups excluding carboxylic acids is 1. The van der Waals surface area contributed by atoms with Crippen molar-refractivity contribution in [3.05, 3.63) is 90.0 Å². The molecule has 2 aliphatic rings. The summed E-state index contributed by atoms with van der Waals surface area (Å²) in [6, 6.07) is 26.8. The largest absolute Gasteiger partial charge is 0.495 e. The van der Waals surface area contributed by atoms with Gasteiger partial charge in [0, 0.05) is 38.9 Å². The van der Waals surface area contributed by atoms with Crippen molar-refractivity contribution in [2.75, 3.05) is 56.7 Å². The Hall–Kier alpha value is -3.31. The van der Waals surface area contributed by atoms with Gasteiger partial charge in [-0.1, -0.05) is 60.7 Å². The third kappa shape index (κ3) is 3.66. The first kappa shape index (κ1) is 21.5. The number of likely N-dealkylation sites (N-methyl/N-ethyl adjacent to an activating group) is 1. The van der Waals surface area contributed by atoms with Gasteiger partial charge < -0.3 is 14.5 Å². The lowest BCUT2D eigenvalue weighted by molar-refractivity contribution is -0.121. The maximum Gasteiger partial charge on any atom is 0.241 e. The van der Waals surface area contributed by atoms with Crippen LogP contribution in [0.15, 0.2) is 78.9 Å². The Morgan fingerprint density at radius 1 is 0.818 bits per heavy atom. The van der Waals surface area contributed by atoms with Crippen molar-refractivity contribution in [2.24, 2.45) is 0 Å². The molecular weight excluding hydrogens is 410 g/mol. The first-order valence-corrected chi connectivity index (χ1v) is 11.7. The van der Waals surface area contributed by atoms with E-state index in [1.165, 1.54) is 0 Å². The summed E-state index contributed by atoms with van der Waals surface area (Å²) >= 11 is 0. The van der Waals surface area contributed by atoms with E-state index in [4.69, 9.17) is 4.74 Å². The number of para-hydroxylation sites is 3. The molecule has 5 nitrogen and oxygen atoms in total. The number of benzene rings is 3. The maximum atomic E-state index is 13.8. The zero-order valence-electron chi connectivity index (χ0n) is 19.4. The Morgan fingerprint density at radius 3 is 2.18 bits per heavy atom. The van der Waals surface area contributed by atoms with E-state index in [1.807, 2.05) is 48.3 Å². The van der Waals surface area contributed by atoms with E-state index in [9.17, 15) is 4.79 Å². The van der Waals surface area contributed by atoms with Gasteiger partial charge in [0.2, 0.25) is 5.91 Å². The molecule has 1 saturated heterocycles. The van der Waals surface area contributed by atoms with Crippen LogP contribution in [0.1, 0.15) is 17.5 Å². The molecule has 3 aromatic rings. The SMILES string of the molecule is COc1ccccc1N1CCN(CCC2(c3ccccc3)C(=O)N(C)c3ccccc32)CC1. The lowest BCUT2D eigenvalue weighted by Gasteiger charge is -2.38. The molecule has 1 fully saturated rings. The van der Waals surface area contributed by atoms with Gasteiger partial charge in [-0.25, -0.2) is 0 Å². The number of piperazine rings is 1. The van der Waals surface area contributed by atoms with Crippen molar-refractivity contribution >= 4 is 17.3 Å². The number of anilines is 2. The summed E-state index contributed by atoms with van der Waals surface area (Å²) in [5.74, 6) is 1.09. The average Bonchev–Trinajstić information content (AvgIpc) is 3.11. The summed E-state index contributed by atoms with van der Waals surface area (Å²) in [4.78, 5) is 20.5. The third-order valence-corrected chi connectivity index (χ3v) is 7.26. The smallest absolute Gasteiger partial charge is 0.241 e. The van der Waals surface area contributed by atoms with Gasteiger partial charge in [-0.2, -0.15) is 0 Å². The second kappa shape index (κ2) is 8.91. The molecule has 1 amide bonds. The zero-order valence-corrected chi connectivity index (χ0v) is 19.4. The van der Waals surface area contributed by atoms with Crippen molar-refractivity contribution < 1.29 is 9.53 Å². The monoisotopic (exact) mass is 441 g/mol.